The molecule has 1 fully saturated rings. The van der Waals surface area contributed by atoms with Gasteiger partial charge in [-0.3, -0.25) is 9.59 Å². The van der Waals surface area contributed by atoms with E-state index in [4.69, 9.17) is 5.11 Å². The van der Waals surface area contributed by atoms with Gasteiger partial charge in [0.25, 0.3) is 5.91 Å². The summed E-state index contributed by atoms with van der Waals surface area (Å²) >= 11 is 1.53. The maximum Gasteiger partial charge on any atom is 0.303 e. The summed E-state index contributed by atoms with van der Waals surface area (Å²) in [7, 11) is 0. The van der Waals surface area contributed by atoms with Gasteiger partial charge in [-0.15, -0.1) is 11.8 Å². The van der Waals surface area contributed by atoms with E-state index < -0.39 is 5.97 Å². The van der Waals surface area contributed by atoms with Crippen LogP contribution in [-0.2, 0) is 20.4 Å². The number of carboxylic acids is 1. The Hall–Kier alpha value is -1.95. The van der Waals surface area contributed by atoms with E-state index in [2.05, 4.69) is 41.5 Å². The number of rotatable bonds is 5. The Bertz CT molecular complexity index is 780. The molecule has 0 bridgehead atoms. The van der Waals surface area contributed by atoms with Gasteiger partial charge in [0, 0.05) is 36.4 Å². The molecule has 0 atom stereocenters. The lowest BCUT2D eigenvalue weighted by atomic mass is 9.78. The molecule has 0 aliphatic carbocycles. The molecule has 0 aromatic heterocycles. The zero-order chi connectivity index (χ0) is 22.0. The van der Waals surface area contributed by atoms with E-state index in [9.17, 15) is 14.7 Å². The van der Waals surface area contributed by atoms with Crippen LogP contribution < -0.4 is 0 Å². The summed E-state index contributed by atoms with van der Waals surface area (Å²) in [5.74, 6) is 0.230. The third-order valence-corrected chi connectivity index (χ3v) is 5.97. The zero-order valence-corrected chi connectivity index (χ0v) is 19.2. The Balaban J connectivity index is 2.39. The van der Waals surface area contributed by atoms with E-state index in [0.717, 1.165) is 22.4 Å². The van der Waals surface area contributed by atoms with Gasteiger partial charge >= 0.3 is 5.97 Å². The first-order valence-corrected chi connectivity index (χ1v) is 11.0. The molecule has 0 saturated carbocycles. The summed E-state index contributed by atoms with van der Waals surface area (Å²) in [6, 6.07) is 3.93. The molecule has 1 aliphatic rings. The number of phenolic OH excluding ortho intramolecular Hbond substituents is 1. The standard InChI is InChI=1S/C23H33NO4S/c1-22(2,3)16-12-15(13-17(20(16)27)23(4,5)6)14-18-21(28)24(10-11-29-18)9-7-8-19(25)26/h12-14,27H,7-11H2,1-6H3,(H,25,26). The van der Waals surface area contributed by atoms with Crippen molar-refractivity contribution in [3.8, 4) is 5.75 Å². The average Bonchev–Trinajstić information content (AvgIpc) is 2.57. The van der Waals surface area contributed by atoms with Crippen LogP contribution in [-0.4, -0.2) is 45.8 Å². The molecule has 0 unspecified atom stereocenters. The molecule has 1 saturated heterocycles. The van der Waals surface area contributed by atoms with Crippen LogP contribution in [0, 0.1) is 0 Å². The minimum atomic E-state index is -0.840. The molecule has 160 valence electrons. The number of phenols is 1. The summed E-state index contributed by atoms with van der Waals surface area (Å²) in [6.45, 7) is 13.5. The zero-order valence-electron chi connectivity index (χ0n) is 18.3. The molecule has 2 rings (SSSR count). The van der Waals surface area contributed by atoms with Crippen LogP contribution in [0.25, 0.3) is 6.08 Å². The highest BCUT2D eigenvalue weighted by atomic mass is 32.2. The summed E-state index contributed by atoms with van der Waals surface area (Å²) in [5.41, 5.74) is 2.17. The number of carboxylic acid groups (broad SMARTS) is 1. The van der Waals surface area contributed by atoms with Crippen molar-refractivity contribution in [3.05, 3.63) is 33.7 Å². The number of aromatic hydroxyl groups is 1. The van der Waals surface area contributed by atoms with Crippen molar-refractivity contribution < 1.29 is 19.8 Å². The normalized spacial score (nSPS) is 17.1. The Labute approximate surface area is 178 Å². The monoisotopic (exact) mass is 419 g/mol. The molecular weight excluding hydrogens is 386 g/mol. The van der Waals surface area contributed by atoms with Gasteiger partial charge in [0.15, 0.2) is 0 Å². The number of hydrogen-bond donors (Lipinski definition) is 2. The first-order valence-electron chi connectivity index (χ1n) is 10.0. The van der Waals surface area contributed by atoms with Crippen LogP contribution in [0.1, 0.15) is 71.1 Å². The molecule has 2 N–H and O–H groups in total. The Kier molecular flexibility index (Phi) is 7.10. The maximum absolute atomic E-state index is 12.9. The van der Waals surface area contributed by atoms with Crippen molar-refractivity contribution in [2.24, 2.45) is 0 Å². The number of aliphatic carboxylic acids is 1. The lowest BCUT2D eigenvalue weighted by Gasteiger charge is -2.29. The van der Waals surface area contributed by atoms with Crippen LogP contribution in [0.5, 0.6) is 5.75 Å². The maximum atomic E-state index is 12.9. The van der Waals surface area contributed by atoms with Crippen molar-refractivity contribution in [2.45, 2.75) is 65.2 Å². The average molecular weight is 420 g/mol. The third-order valence-electron chi connectivity index (χ3n) is 4.98. The molecule has 1 aromatic rings. The van der Waals surface area contributed by atoms with Crippen molar-refractivity contribution in [1.29, 1.82) is 0 Å². The van der Waals surface area contributed by atoms with Crippen molar-refractivity contribution in [2.75, 3.05) is 18.8 Å². The molecule has 1 aromatic carbocycles. The fraction of sp³-hybridized carbons (Fsp3) is 0.565. The Morgan fingerprint density at radius 1 is 1.14 bits per heavy atom. The summed E-state index contributed by atoms with van der Waals surface area (Å²) in [6.07, 6.45) is 2.43. The van der Waals surface area contributed by atoms with E-state index in [-0.39, 0.29) is 23.2 Å². The van der Waals surface area contributed by atoms with E-state index in [0.29, 0.717) is 30.2 Å². The second-order valence-corrected chi connectivity index (χ2v) is 10.7. The van der Waals surface area contributed by atoms with Crippen LogP contribution in [0.15, 0.2) is 17.0 Å². The third kappa shape index (κ3) is 6.01. The van der Waals surface area contributed by atoms with Crippen LogP contribution in [0.4, 0.5) is 0 Å². The highest BCUT2D eigenvalue weighted by Gasteiger charge is 2.28. The topological polar surface area (TPSA) is 77.8 Å². The number of carbonyl (C=O) groups is 2. The van der Waals surface area contributed by atoms with E-state index in [1.165, 1.54) is 11.8 Å². The minimum Gasteiger partial charge on any atom is -0.507 e. The quantitative estimate of drug-likeness (QED) is 0.672. The van der Waals surface area contributed by atoms with Crippen LogP contribution in [0.3, 0.4) is 0 Å². The van der Waals surface area contributed by atoms with Crippen molar-refractivity contribution in [1.82, 2.24) is 4.90 Å². The Morgan fingerprint density at radius 3 is 2.17 bits per heavy atom. The Morgan fingerprint density at radius 2 is 1.69 bits per heavy atom. The molecule has 0 radical (unpaired) electrons. The fourth-order valence-electron chi connectivity index (χ4n) is 3.36. The van der Waals surface area contributed by atoms with Gasteiger partial charge in [0.1, 0.15) is 5.75 Å². The first kappa shape index (κ1) is 23.3. The second-order valence-electron chi connectivity index (χ2n) is 9.61. The van der Waals surface area contributed by atoms with E-state index in [1.54, 1.807) is 4.90 Å². The number of thioether (sulfide) groups is 1. The summed E-state index contributed by atoms with van der Waals surface area (Å²) < 4.78 is 0. The highest BCUT2D eigenvalue weighted by Crippen LogP contribution is 2.40. The van der Waals surface area contributed by atoms with Gasteiger partial charge in [-0.2, -0.15) is 0 Å². The van der Waals surface area contributed by atoms with E-state index >= 15 is 0 Å². The molecule has 1 aliphatic heterocycles. The van der Waals surface area contributed by atoms with Gasteiger partial charge in [-0.25, -0.2) is 0 Å². The number of nitrogens with zero attached hydrogens (tertiary/aromatic N) is 1. The van der Waals surface area contributed by atoms with Gasteiger partial charge in [-0.1, -0.05) is 41.5 Å². The lowest BCUT2D eigenvalue weighted by molar-refractivity contribution is -0.137. The second kappa shape index (κ2) is 8.82. The van der Waals surface area contributed by atoms with Crippen LogP contribution in [0.2, 0.25) is 0 Å². The molecule has 29 heavy (non-hydrogen) atoms. The molecule has 6 heteroatoms. The predicted molar refractivity (Wildman–Crippen MR) is 119 cm³/mol. The highest BCUT2D eigenvalue weighted by molar-refractivity contribution is 8.04. The summed E-state index contributed by atoms with van der Waals surface area (Å²) in [4.78, 5) is 26.0. The van der Waals surface area contributed by atoms with E-state index in [1.807, 2.05) is 18.2 Å². The predicted octanol–water partition coefficient (Wildman–Crippen LogP) is 4.77. The smallest absolute Gasteiger partial charge is 0.303 e. The van der Waals surface area contributed by atoms with Gasteiger partial charge in [0.2, 0.25) is 0 Å². The molecule has 0 spiro atoms. The largest absolute Gasteiger partial charge is 0.507 e. The van der Waals surface area contributed by atoms with Gasteiger partial charge < -0.3 is 15.1 Å². The molecule has 1 amide bonds. The fourth-order valence-corrected chi connectivity index (χ4v) is 4.36. The molecule has 1 heterocycles. The SMILES string of the molecule is CC(C)(C)c1cc(C=C2SCCN(CCCC(=O)O)C2=O)cc(C(C)(C)C)c1O. The number of benzene rings is 1. The number of amides is 1. The van der Waals surface area contributed by atoms with Crippen LogP contribution >= 0.6 is 11.8 Å². The minimum absolute atomic E-state index is 0.0469. The van der Waals surface area contributed by atoms with Gasteiger partial charge in [-0.05, 0) is 41.0 Å². The summed E-state index contributed by atoms with van der Waals surface area (Å²) in [5, 5.41) is 19.7. The number of carbonyl (C=O) groups excluding carboxylic acids is 1. The van der Waals surface area contributed by atoms with Crippen molar-refractivity contribution >= 4 is 29.7 Å². The van der Waals surface area contributed by atoms with Gasteiger partial charge in [0.05, 0.1) is 4.91 Å². The first-order chi connectivity index (χ1) is 13.3. The van der Waals surface area contributed by atoms with Crippen molar-refractivity contribution in [3.63, 3.8) is 0 Å². The molecular formula is C23H33NO4S. The molecule has 5 nitrogen and oxygen atoms in total. The lowest BCUT2D eigenvalue weighted by Crippen LogP contribution is -2.37. The number of hydrogen-bond acceptors (Lipinski definition) is 4.